The van der Waals surface area contributed by atoms with Crippen molar-refractivity contribution in [2.24, 2.45) is 0 Å². The summed E-state index contributed by atoms with van der Waals surface area (Å²) in [5.41, 5.74) is 0.569. The third-order valence-corrected chi connectivity index (χ3v) is 1.92. The van der Waals surface area contributed by atoms with Gasteiger partial charge in [0.15, 0.2) is 0 Å². The van der Waals surface area contributed by atoms with Crippen molar-refractivity contribution in [1.82, 2.24) is 10.2 Å². The molecule has 0 radical (unpaired) electrons. The summed E-state index contributed by atoms with van der Waals surface area (Å²) >= 11 is 3.10. The average molecular weight is 207 g/mol. The molecule has 0 aliphatic heterocycles. The smallest absolute Gasteiger partial charge is 0.278 e. The number of hydrogen-bond acceptors (Lipinski definition) is 2. The number of hydrogen-bond donors (Lipinski definition) is 2. The van der Waals surface area contributed by atoms with E-state index in [-0.39, 0.29) is 5.56 Å². The van der Waals surface area contributed by atoms with Gasteiger partial charge >= 0.3 is 0 Å². The van der Waals surface area contributed by atoms with Crippen LogP contribution >= 0.6 is 15.9 Å². The summed E-state index contributed by atoms with van der Waals surface area (Å²) in [6, 6.07) is 0. The Balaban J connectivity index is 2.94. The molecule has 0 saturated heterocycles. The molecule has 5 heteroatoms. The summed E-state index contributed by atoms with van der Waals surface area (Å²) in [6.07, 6.45) is 0. The SMILES string of the molecule is COCc1[nH][nH]c(=O)c1Br. The van der Waals surface area contributed by atoms with Gasteiger partial charge in [0.2, 0.25) is 0 Å². The number of nitrogens with one attached hydrogen (secondary N) is 2. The summed E-state index contributed by atoms with van der Waals surface area (Å²) in [5.74, 6) is 0. The largest absolute Gasteiger partial charge is 0.378 e. The number of ether oxygens (including phenoxy) is 1. The molecule has 0 fully saturated rings. The standard InChI is InChI=1S/C5H7BrN2O2/c1-10-2-3-4(6)5(9)8-7-3/h2H2,1H3,(H2,7,8,9). The molecule has 1 rings (SSSR count). The van der Waals surface area contributed by atoms with E-state index in [4.69, 9.17) is 4.74 Å². The van der Waals surface area contributed by atoms with E-state index in [2.05, 4.69) is 26.1 Å². The van der Waals surface area contributed by atoms with E-state index in [1.807, 2.05) is 0 Å². The fourth-order valence-corrected chi connectivity index (χ4v) is 0.935. The second-order valence-electron chi connectivity index (χ2n) is 1.80. The summed E-state index contributed by atoms with van der Waals surface area (Å²) in [4.78, 5) is 10.7. The second-order valence-corrected chi connectivity index (χ2v) is 2.60. The number of rotatable bonds is 2. The molecular weight excluding hydrogens is 200 g/mol. The van der Waals surface area contributed by atoms with Crippen LogP contribution < -0.4 is 5.56 Å². The average Bonchev–Trinajstić information content (AvgIpc) is 2.20. The molecule has 0 aliphatic rings. The molecule has 1 aromatic heterocycles. The van der Waals surface area contributed by atoms with E-state index in [1.54, 1.807) is 7.11 Å². The molecule has 56 valence electrons. The van der Waals surface area contributed by atoms with Gasteiger partial charge < -0.3 is 4.74 Å². The molecular formula is C5H7BrN2O2. The number of halogens is 1. The van der Waals surface area contributed by atoms with Crippen molar-refractivity contribution in [2.45, 2.75) is 6.61 Å². The molecule has 0 aliphatic carbocycles. The summed E-state index contributed by atoms with van der Waals surface area (Å²) in [5, 5.41) is 5.08. The minimum Gasteiger partial charge on any atom is -0.378 e. The predicted octanol–water partition coefficient (Wildman–Crippen LogP) is 0.612. The second kappa shape index (κ2) is 3.03. The van der Waals surface area contributed by atoms with Crippen LogP contribution in [0.15, 0.2) is 9.27 Å². The monoisotopic (exact) mass is 206 g/mol. The Morgan fingerprint density at radius 1 is 1.60 bits per heavy atom. The van der Waals surface area contributed by atoms with E-state index in [1.165, 1.54) is 0 Å². The van der Waals surface area contributed by atoms with E-state index < -0.39 is 0 Å². The van der Waals surface area contributed by atoms with Crippen molar-refractivity contribution < 1.29 is 4.74 Å². The molecule has 0 atom stereocenters. The van der Waals surface area contributed by atoms with Gasteiger partial charge in [0.05, 0.1) is 12.3 Å². The fraction of sp³-hybridized carbons (Fsp3) is 0.400. The maximum atomic E-state index is 10.7. The van der Waals surface area contributed by atoms with Crippen LogP contribution in [-0.2, 0) is 11.3 Å². The highest BCUT2D eigenvalue weighted by atomic mass is 79.9. The van der Waals surface area contributed by atoms with Gasteiger partial charge in [-0.1, -0.05) is 0 Å². The van der Waals surface area contributed by atoms with Gasteiger partial charge in [-0.25, -0.2) is 0 Å². The van der Waals surface area contributed by atoms with Crippen LogP contribution in [0, 0.1) is 0 Å². The first-order valence-corrected chi connectivity index (χ1v) is 3.49. The molecule has 0 amide bonds. The van der Waals surface area contributed by atoms with Crippen LogP contribution in [-0.4, -0.2) is 17.3 Å². The Morgan fingerprint density at radius 3 is 2.70 bits per heavy atom. The van der Waals surface area contributed by atoms with Crippen molar-refractivity contribution in [3.63, 3.8) is 0 Å². The van der Waals surface area contributed by atoms with Gasteiger partial charge in [-0.15, -0.1) is 0 Å². The Bertz CT molecular complexity index is 265. The Morgan fingerprint density at radius 2 is 2.30 bits per heavy atom. The van der Waals surface area contributed by atoms with Crippen molar-refractivity contribution in [3.8, 4) is 0 Å². The van der Waals surface area contributed by atoms with Crippen molar-refractivity contribution >= 4 is 15.9 Å². The zero-order valence-electron chi connectivity index (χ0n) is 5.40. The lowest BCUT2D eigenvalue weighted by molar-refractivity contribution is 0.181. The van der Waals surface area contributed by atoms with Crippen LogP contribution in [0.1, 0.15) is 5.69 Å². The van der Waals surface area contributed by atoms with Gasteiger partial charge in [-0.05, 0) is 15.9 Å². The number of H-pyrrole nitrogens is 2. The molecule has 10 heavy (non-hydrogen) atoms. The summed E-state index contributed by atoms with van der Waals surface area (Å²) in [7, 11) is 1.57. The molecule has 0 aromatic carbocycles. The topological polar surface area (TPSA) is 57.9 Å². The van der Waals surface area contributed by atoms with E-state index >= 15 is 0 Å². The van der Waals surface area contributed by atoms with Crippen molar-refractivity contribution in [3.05, 3.63) is 20.5 Å². The van der Waals surface area contributed by atoms with Crippen LogP contribution in [0.25, 0.3) is 0 Å². The maximum absolute atomic E-state index is 10.7. The molecule has 0 unspecified atom stereocenters. The fourth-order valence-electron chi connectivity index (χ4n) is 0.623. The first-order chi connectivity index (χ1) is 4.75. The summed E-state index contributed by atoms with van der Waals surface area (Å²) in [6.45, 7) is 0.402. The van der Waals surface area contributed by atoms with Crippen LogP contribution in [0.4, 0.5) is 0 Å². The summed E-state index contributed by atoms with van der Waals surface area (Å²) < 4.78 is 5.31. The Kier molecular flexibility index (Phi) is 2.29. The first kappa shape index (κ1) is 7.56. The lowest BCUT2D eigenvalue weighted by Gasteiger charge is -1.92. The highest BCUT2D eigenvalue weighted by molar-refractivity contribution is 9.10. The maximum Gasteiger partial charge on any atom is 0.278 e. The zero-order valence-corrected chi connectivity index (χ0v) is 6.99. The van der Waals surface area contributed by atoms with Gasteiger partial charge in [-0.2, -0.15) is 0 Å². The van der Waals surface area contributed by atoms with Crippen LogP contribution in [0.2, 0.25) is 0 Å². The van der Waals surface area contributed by atoms with Crippen LogP contribution in [0.5, 0.6) is 0 Å². The lowest BCUT2D eigenvalue weighted by atomic mass is 10.5. The molecule has 1 heterocycles. The van der Waals surface area contributed by atoms with Gasteiger partial charge in [-0.3, -0.25) is 15.0 Å². The van der Waals surface area contributed by atoms with Crippen molar-refractivity contribution in [1.29, 1.82) is 0 Å². The minimum atomic E-state index is -0.160. The zero-order chi connectivity index (χ0) is 7.56. The van der Waals surface area contributed by atoms with Crippen LogP contribution in [0.3, 0.4) is 0 Å². The van der Waals surface area contributed by atoms with E-state index in [0.29, 0.717) is 11.1 Å². The van der Waals surface area contributed by atoms with E-state index in [9.17, 15) is 4.79 Å². The Hall–Kier alpha value is -0.550. The Labute approximate surface area is 65.7 Å². The van der Waals surface area contributed by atoms with Gasteiger partial charge in [0, 0.05) is 7.11 Å². The molecule has 0 saturated carbocycles. The first-order valence-electron chi connectivity index (χ1n) is 2.69. The third kappa shape index (κ3) is 1.30. The normalized spacial score (nSPS) is 10.2. The van der Waals surface area contributed by atoms with Gasteiger partial charge in [0.1, 0.15) is 4.47 Å². The number of methoxy groups -OCH3 is 1. The predicted molar refractivity (Wildman–Crippen MR) is 39.8 cm³/mol. The molecule has 1 aromatic rings. The highest BCUT2D eigenvalue weighted by Crippen LogP contribution is 2.07. The van der Waals surface area contributed by atoms with E-state index in [0.717, 1.165) is 5.69 Å². The minimum absolute atomic E-state index is 0.160. The molecule has 2 N–H and O–H groups in total. The quantitative estimate of drug-likeness (QED) is 0.746. The number of aromatic amines is 2. The molecule has 0 bridgehead atoms. The molecule has 0 spiro atoms. The van der Waals surface area contributed by atoms with Crippen molar-refractivity contribution in [2.75, 3.05) is 7.11 Å². The molecule has 4 nitrogen and oxygen atoms in total. The highest BCUT2D eigenvalue weighted by Gasteiger charge is 2.03. The third-order valence-electron chi connectivity index (χ3n) is 1.08. The number of aromatic nitrogens is 2. The lowest BCUT2D eigenvalue weighted by Crippen LogP contribution is -1.98. The van der Waals surface area contributed by atoms with Gasteiger partial charge in [0.25, 0.3) is 5.56 Å².